The summed E-state index contributed by atoms with van der Waals surface area (Å²) in [6.07, 6.45) is 4.37. The summed E-state index contributed by atoms with van der Waals surface area (Å²) in [5.74, 6) is 0.513. The predicted molar refractivity (Wildman–Crippen MR) is 68.5 cm³/mol. The van der Waals surface area contributed by atoms with Crippen molar-refractivity contribution >= 4 is 6.09 Å². The number of para-hydroxylation sites is 1. The first-order valence-electron chi connectivity index (χ1n) is 6.40. The molecule has 2 N–H and O–H groups in total. The maximum atomic E-state index is 11.8. The summed E-state index contributed by atoms with van der Waals surface area (Å²) < 4.78 is 5.18. The van der Waals surface area contributed by atoms with Gasteiger partial charge in [-0.1, -0.05) is 37.5 Å². The Morgan fingerprint density at radius 1 is 1.22 bits per heavy atom. The van der Waals surface area contributed by atoms with E-state index in [2.05, 4.69) is 5.32 Å². The molecule has 0 aromatic heterocycles. The second kappa shape index (κ2) is 5.87. The van der Waals surface area contributed by atoms with E-state index in [0.717, 1.165) is 32.1 Å². The highest BCUT2D eigenvalue weighted by Crippen LogP contribution is 2.27. The zero-order valence-corrected chi connectivity index (χ0v) is 10.4. The summed E-state index contributed by atoms with van der Waals surface area (Å²) in [6, 6.07) is 8.94. The van der Waals surface area contributed by atoms with Gasteiger partial charge in [-0.25, -0.2) is 4.79 Å². The molecule has 0 bridgehead atoms. The van der Waals surface area contributed by atoms with E-state index in [4.69, 9.17) is 4.74 Å². The largest absolute Gasteiger partial charge is 0.413 e. The number of carbonyl (C=O) groups is 1. The van der Waals surface area contributed by atoms with E-state index in [-0.39, 0.29) is 6.61 Å². The van der Waals surface area contributed by atoms with Crippen LogP contribution in [0.25, 0.3) is 0 Å². The zero-order valence-electron chi connectivity index (χ0n) is 10.4. The first-order chi connectivity index (χ1) is 8.74. The van der Waals surface area contributed by atoms with Gasteiger partial charge >= 0.3 is 6.09 Å². The first-order valence-corrected chi connectivity index (χ1v) is 6.40. The summed E-state index contributed by atoms with van der Waals surface area (Å²) in [5, 5.41) is 12.3. The molecular formula is C14H19NO3. The van der Waals surface area contributed by atoms with Crippen LogP contribution in [0.5, 0.6) is 5.75 Å². The topological polar surface area (TPSA) is 58.6 Å². The van der Waals surface area contributed by atoms with Crippen LogP contribution in [-0.4, -0.2) is 23.3 Å². The highest BCUT2D eigenvalue weighted by molar-refractivity contribution is 5.71. The van der Waals surface area contributed by atoms with E-state index in [9.17, 15) is 9.90 Å². The molecule has 18 heavy (non-hydrogen) atoms. The minimum Gasteiger partial charge on any atom is -0.410 e. The summed E-state index contributed by atoms with van der Waals surface area (Å²) >= 11 is 0. The Hall–Kier alpha value is -1.55. The minimum atomic E-state index is -0.496. The molecule has 0 heterocycles. The number of ether oxygens (including phenoxy) is 1. The van der Waals surface area contributed by atoms with E-state index in [1.807, 2.05) is 18.2 Å². The van der Waals surface area contributed by atoms with Crippen LogP contribution in [0, 0.1) is 0 Å². The highest BCUT2D eigenvalue weighted by atomic mass is 16.6. The van der Waals surface area contributed by atoms with Crippen LogP contribution >= 0.6 is 0 Å². The second-order valence-corrected chi connectivity index (χ2v) is 4.83. The molecular weight excluding hydrogens is 230 g/mol. The first kappa shape index (κ1) is 12.9. The molecule has 1 fully saturated rings. The van der Waals surface area contributed by atoms with E-state index in [1.165, 1.54) is 0 Å². The monoisotopic (exact) mass is 249 g/mol. The van der Waals surface area contributed by atoms with E-state index in [1.54, 1.807) is 12.1 Å². The molecule has 4 nitrogen and oxygen atoms in total. The third-order valence-electron chi connectivity index (χ3n) is 3.43. The lowest BCUT2D eigenvalue weighted by Crippen LogP contribution is -2.53. The number of hydrogen-bond donors (Lipinski definition) is 2. The lowest BCUT2D eigenvalue weighted by Gasteiger charge is -2.35. The van der Waals surface area contributed by atoms with Crippen molar-refractivity contribution in [2.24, 2.45) is 0 Å². The number of nitrogens with one attached hydrogen (secondary N) is 1. The third kappa shape index (κ3) is 3.23. The maximum Gasteiger partial charge on any atom is 0.413 e. The number of aliphatic hydroxyl groups is 1. The normalized spacial score (nSPS) is 18.1. The molecule has 1 aliphatic rings. The fourth-order valence-electron chi connectivity index (χ4n) is 2.39. The molecule has 0 aliphatic heterocycles. The van der Waals surface area contributed by atoms with Crippen LogP contribution in [-0.2, 0) is 0 Å². The predicted octanol–water partition coefficient (Wildman–Crippen LogP) is 2.47. The van der Waals surface area contributed by atoms with Crippen molar-refractivity contribution in [3.05, 3.63) is 30.3 Å². The number of aliphatic hydroxyl groups excluding tert-OH is 1. The number of rotatable bonds is 3. The average Bonchev–Trinajstić information content (AvgIpc) is 2.41. The van der Waals surface area contributed by atoms with Gasteiger partial charge in [0.15, 0.2) is 0 Å². The summed E-state index contributed by atoms with van der Waals surface area (Å²) in [5.41, 5.74) is -0.496. The van der Waals surface area contributed by atoms with E-state index >= 15 is 0 Å². The fourth-order valence-corrected chi connectivity index (χ4v) is 2.39. The number of carbonyl (C=O) groups excluding carboxylic acids is 1. The lowest BCUT2D eigenvalue weighted by molar-refractivity contribution is 0.113. The molecule has 1 aliphatic carbocycles. The Bertz CT molecular complexity index is 385. The second-order valence-electron chi connectivity index (χ2n) is 4.83. The maximum absolute atomic E-state index is 11.8. The summed E-state index contributed by atoms with van der Waals surface area (Å²) in [4.78, 5) is 11.8. The highest BCUT2D eigenvalue weighted by Gasteiger charge is 2.33. The molecule has 0 saturated heterocycles. The van der Waals surface area contributed by atoms with Crippen molar-refractivity contribution in [1.29, 1.82) is 0 Å². The Labute approximate surface area is 107 Å². The SMILES string of the molecule is O=C(NC1(CO)CCCCC1)Oc1ccccc1. The van der Waals surface area contributed by atoms with Crippen molar-refractivity contribution < 1.29 is 14.6 Å². The molecule has 1 amide bonds. The van der Waals surface area contributed by atoms with Gasteiger partial charge in [0.05, 0.1) is 12.1 Å². The Morgan fingerprint density at radius 2 is 1.89 bits per heavy atom. The summed E-state index contributed by atoms with van der Waals surface area (Å²) in [7, 11) is 0. The fraction of sp³-hybridized carbons (Fsp3) is 0.500. The van der Waals surface area contributed by atoms with Gasteiger partial charge in [0, 0.05) is 0 Å². The van der Waals surface area contributed by atoms with Crippen molar-refractivity contribution in [3.8, 4) is 5.75 Å². The molecule has 1 aromatic rings. The zero-order chi connectivity index (χ0) is 12.8. The van der Waals surface area contributed by atoms with Crippen molar-refractivity contribution in [1.82, 2.24) is 5.32 Å². The van der Waals surface area contributed by atoms with Crippen molar-refractivity contribution in [2.45, 2.75) is 37.6 Å². The molecule has 0 spiro atoms. The van der Waals surface area contributed by atoms with Crippen LogP contribution in [0.3, 0.4) is 0 Å². The average molecular weight is 249 g/mol. The van der Waals surface area contributed by atoms with Gasteiger partial charge in [0.1, 0.15) is 5.75 Å². The van der Waals surface area contributed by atoms with Gasteiger partial charge in [-0.3, -0.25) is 0 Å². The summed E-state index contributed by atoms with van der Waals surface area (Å²) in [6.45, 7) is -0.0309. The van der Waals surface area contributed by atoms with E-state index in [0.29, 0.717) is 5.75 Å². The smallest absolute Gasteiger partial charge is 0.410 e. The van der Waals surface area contributed by atoms with Crippen LogP contribution in [0.4, 0.5) is 4.79 Å². The molecule has 2 rings (SSSR count). The Balaban J connectivity index is 1.93. The van der Waals surface area contributed by atoms with Crippen molar-refractivity contribution in [2.75, 3.05) is 6.61 Å². The Morgan fingerprint density at radius 3 is 2.50 bits per heavy atom. The van der Waals surface area contributed by atoms with Gasteiger partial charge in [0.25, 0.3) is 0 Å². The van der Waals surface area contributed by atoms with Gasteiger partial charge in [0.2, 0.25) is 0 Å². The number of benzene rings is 1. The molecule has 98 valence electrons. The Kier molecular flexibility index (Phi) is 4.20. The van der Waals surface area contributed by atoms with Crippen LogP contribution < -0.4 is 10.1 Å². The van der Waals surface area contributed by atoms with Crippen LogP contribution in [0.1, 0.15) is 32.1 Å². The van der Waals surface area contributed by atoms with Gasteiger partial charge in [-0.2, -0.15) is 0 Å². The number of amides is 1. The standard InChI is InChI=1S/C14H19NO3/c16-11-14(9-5-2-6-10-14)15-13(17)18-12-7-3-1-4-8-12/h1,3-4,7-8,16H,2,5-6,9-11H2,(H,15,17). The van der Waals surface area contributed by atoms with Gasteiger partial charge in [-0.05, 0) is 25.0 Å². The van der Waals surface area contributed by atoms with Crippen LogP contribution in [0.2, 0.25) is 0 Å². The van der Waals surface area contributed by atoms with Crippen molar-refractivity contribution in [3.63, 3.8) is 0 Å². The lowest BCUT2D eigenvalue weighted by atomic mass is 9.82. The number of hydrogen-bond acceptors (Lipinski definition) is 3. The van der Waals surface area contributed by atoms with Gasteiger partial charge < -0.3 is 15.2 Å². The molecule has 0 atom stereocenters. The van der Waals surface area contributed by atoms with Gasteiger partial charge in [-0.15, -0.1) is 0 Å². The molecule has 4 heteroatoms. The van der Waals surface area contributed by atoms with Crippen LogP contribution in [0.15, 0.2) is 30.3 Å². The quantitative estimate of drug-likeness (QED) is 0.865. The van der Waals surface area contributed by atoms with E-state index < -0.39 is 11.6 Å². The molecule has 1 saturated carbocycles. The third-order valence-corrected chi connectivity index (χ3v) is 3.43. The minimum absolute atomic E-state index is 0.0309. The molecule has 0 radical (unpaired) electrons. The molecule has 0 unspecified atom stereocenters. The molecule has 1 aromatic carbocycles.